The molecule has 0 saturated carbocycles. The van der Waals surface area contributed by atoms with Crippen LogP contribution in [0.15, 0.2) is 53.7 Å². The van der Waals surface area contributed by atoms with Crippen molar-refractivity contribution < 1.29 is 4.79 Å². The minimum absolute atomic E-state index is 0.00646. The maximum atomic E-state index is 10.0. The number of piperazine rings is 1. The average Bonchev–Trinajstić information content (AvgIpc) is 3.38. The fraction of sp³-hybridized carbons (Fsp3) is 0.444. The molecule has 0 radical (unpaired) electrons. The molecule has 7 nitrogen and oxygen atoms in total. The first-order valence-electron chi connectivity index (χ1n) is 12.4. The summed E-state index contributed by atoms with van der Waals surface area (Å²) in [7, 11) is 0. The Morgan fingerprint density at radius 3 is 2.72 bits per heavy atom. The van der Waals surface area contributed by atoms with Crippen LogP contribution >= 0.6 is 27.5 Å². The van der Waals surface area contributed by atoms with Gasteiger partial charge in [0.2, 0.25) is 6.41 Å². The topological polar surface area (TPSA) is 75.1 Å². The number of halogens is 2. The van der Waals surface area contributed by atoms with Crippen LogP contribution in [-0.2, 0) is 23.2 Å². The van der Waals surface area contributed by atoms with Crippen molar-refractivity contribution in [2.24, 2.45) is 0 Å². The zero-order valence-corrected chi connectivity index (χ0v) is 23.2. The van der Waals surface area contributed by atoms with E-state index in [2.05, 4.69) is 68.5 Å². The molecule has 2 N–H and O–H groups in total. The Bertz CT molecular complexity index is 1090. The van der Waals surface area contributed by atoms with Gasteiger partial charge >= 0.3 is 0 Å². The molecule has 0 bridgehead atoms. The third kappa shape index (κ3) is 6.54. The number of carbonyl (C=O) groups excluding carboxylic acids is 1. The number of benzene rings is 1. The SMILES string of the molecule is CC(C)(CCNC=O)n1ccnc1.Clc1ccc2c(c1)CCc1cc(Br)cnc1C2N1CCNCC1. The van der Waals surface area contributed by atoms with E-state index >= 15 is 0 Å². The Morgan fingerprint density at radius 2 is 2.00 bits per heavy atom. The summed E-state index contributed by atoms with van der Waals surface area (Å²) in [5.74, 6) is 0. The lowest BCUT2D eigenvalue weighted by Gasteiger charge is -2.35. The van der Waals surface area contributed by atoms with Crippen LogP contribution in [0, 0.1) is 0 Å². The lowest BCUT2D eigenvalue weighted by molar-refractivity contribution is -0.109. The number of carbonyl (C=O) groups is 1. The number of imidazole rings is 1. The fourth-order valence-electron chi connectivity index (χ4n) is 4.91. The smallest absolute Gasteiger partial charge is 0.207 e. The van der Waals surface area contributed by atoms with Gasteiger partial charge in [-0.1, -0.05) is 17.7 Å². The van der Waals surface area contributed by atoms with Crippen molar-refractivity contribution in [2.45, 2.75) is 44.7 Å². The summed E-state index contributed by atoms with van der Waals surface area (Å²) in [6, 6.07) is 8.80. The number of rotatable bonds is 6. The molecule has 1 aliphatic carbocycles. The maximum absolute atomic E-state index is 10.0. The van der Waals surface area contributed by atoms with Gasteiger partial charge in [-0.2, -0.15) is 0 Å². The minimum atomic E-state index is 0.00646. The van der Waals surface area contributed by atoms with Gasteiger partial charge in [-0.05, 0) is 83.9 Å². The second-order valence-corrected chi connectivity index (χ2v) is 11.2. The van der Waals surface area contributed by atoms with E-state index in [-0.39, 0.29) is 11.6 Å². The van der Waals surface area contributed by atoms with Crippen molar-refractivity contribution >= 4 is 33.9 Å². The maximum Gasteiger partial charge on any atom is 0.207 e. The lowest BCUT2D eigenvalue weighted by atomic mass is 9.96. The van der Waals surface area contributed by atoms with Crippen molar-refractivity contribution in [3.8, 4) is 0 Å². The van der Waals surface area contributed by atoms with Gasteiger partial charge < -0.3 is 15.2 Å². The fourth-order valence-corrected chi connectivity index (χ4v) is 5.48. The summed E-state index contributed by atoms with van der Waals surface area (Å²) >= 11 is 9.82. The van der Waals surface area contributed by atoms with Crippen molar-refractivity contribution in [3.05, 3.63) is 81.1 Å². The number of aromatic nitrogens is 3. The van der Waals surface area contributed by atoms with Crippen LogP contribution in [0.2, 0.25) is 5.02 Å². The van der Waals surface area contributed by atoms with Crippen LogP contribution in [0.3, 0.4) is 0 Å². The van der Waals surface area contributed by atoms with Crippen molar-refractivity contribution in [1.29, 1.82) is 0 Å². The van der Waals surface area contributed by atoms with E-state index in [1.165, 1.54) is 22.4 Å². The van der Waals surface area contributed by atoms with Gasteiger partial charge in [0, 0.05) is 66.3 Å². The van der Waals surface area contributed by atoms with Crippen molar-refractivity contribution in [1.82, 2.24) is 30.1 Å². The van der Waals surface area contributed by atoms with Gasteiger partial charge in [0.05, 0.1) is 18.1 Å². The lowest BCUT2D eigenvalue weighted by Crippen LogP contribution is -2.45. The number of nitrogens with zero attached hydrogens (tertiary/aromatic N) is 4. The van der Waals surface area contributed by atoms with E-state index in [0.717, 1.165) is 61.3 Å². The second-order valence-electron chi connectivity index (χ2n) is 9.83. The third-order valence-corrected chi connectivity index (χ3v) is 7.64. The Labute approximate surface area is 226 Å². The number of nitrogens with one attached hydrogen (secondary N) is 2. The van der Waals surface area contributed by atoms with Gasteiger partial charge in [-0.15, -0.1) is 0 Å². The van der Waals surface area contributed by atoms with Crippen LogP contribution < -0.4 is 10.6 Å². The van der Waals surface area contributed by atoms with Crippen LogP contribution in [0.5, 0.6) is 0 Å². The van der Waals surface area contributed by atoms with Gasteiger partial charge in [0.1, 0.15) is 0 Å². The monoisotopic (exact) mass is 572 g/mol. The van der Waals surface area contributed by atoms with Crippen LogP contribution in [0.4, 0.5) is 0 Å². The molecule has 1 saturated heterocycles. The van der Waals surface area contributed by atoms with Gasteiger partial charge in [-0.3, -0.25) is 14.7 Å². The number of hydrogen-bond donors (Lipinski definition) is 2. The second kappa shape index (κ2) is 12.3. The molecule has 192 valence electrons. The predicted molar refractivity (Wildman–Crippen MR) is 147 cm³/mol. The molecule has 1 fully saturated rings. The van der Waals surface area contributed by atoms with Gasteiger partial charge in [0.15, 0.2) is 0 Å². The number of amides is 1. The first-order valence-corrected chi connectivity index (χ1v) is 13.6. The van der Waals surface area contributed by atoms with Gasteiger partial charge in [0.25, 0.3) is 0 Å². The van der Waals surface area contributed by atoms with E-state index in [1.807, 2.05) is 23.0 Å². The molecule has 1 amide bonds. The third-order valence-electron chi connectivity index (χ3n) is 6.97. The Balaban J connectivity index is 0.000000200. The van der Waals surface area contributed by atoms with E-state index < -0.39 is 0 Å². The molecular formula is C27H34BrClN6O. The summed E-state index contributed by atoms with van der Waals surface area (Å²) in [5.41, 5.74) is 5.28. The Morgan fingerprint density at radius 1 is 1.22 bits per heavy atom. The largest absolute Gasteiger partial charge is 0.359 e. The summed E-state index contributed by atoms with van der Waals surface area (Å²) in [6.07, 6.45) is 11.1. The number of hydrogen-bond acceptors (Lipinski definition) is 5. The molecule has 1 aromatic carbocycles. The highest BCUT2D eigenvalue weighted by Crippen LogP contribution is 2.37. The Kier molecular flexibility index (Phi) is 9.17. The molecule has 2 aromatic heterocycles. The molecule has 2 aliphatic rings. The number of fused-ring (bicyclic) bond motifs is 2. The minimum Gasteiger partial charge on any atom is -0.359 e. The highest BCUT2D eigenvalue weighted by atomic mass is 79.9. The predicted octanol–water partition coefficient (Wildman–Crippen LogP) is 4.35. The number of aryl methyl sites for hydroxylation is 2. The highest BCUT2D eigenvalue weighted by molar-refractivity contribution is 9.10. The molecular weight excluding hydrogens is 540 g/mol. The molecule has 1 atom stereocenters. The molecule has 5 rings (SSSR count). The average molecular weight is 574 g/mol. The summed E-state index contributed by atoms with van der Waals surface area (Å²) in [5, 5.41) is 6.92. The first kappa shape index (κ1) is 26.8. The number of pyridine rings is 1. The normalized spacial score (nSPS) is 17.7. The molecule has 3 heterocycles. The molecule has 1 aliphatic heterocycles. The quantitative estimate of drug-likeness (QED) is 0.339. The zero-order chi connectivity index (χ0) is 25.5. The summed E-state index contributed by atoms with van der Waals surface area (Å²) < 4.78 is 3.10. The van der Waals surface area contributed by atoms with Crippen molar-refractivity contribution in [3.63, 3.8) is 0 Å². The molecule has 9 heteroatoms. The van der Waals surface area contributed by atoms with Crippen LogP contribution in [0.1, 0.15) is 48.7 Å². The standard InChI is InChI=1S/C18H19BrClN3.C9H15N3O/c19-14-9-13-2-1-12-10-15(20)3-4-16(12)18(17(13)22-11-14)23-7-5-21-6-8-23;1-9(2,3-4-11-8-13)12-6-5-10-7-12/h3-4,9-11,18,21H,1-2,5-8H2;5-8H,3-4H2,1-2H3,(H,11,13). The molecule has 3 aromatic rings. The van der Waals surface area contributed by atoms with E-state index in [4.69, 9.17) is 16.6 Å². The zero-order valence-electron chi connectivity index (χ0n) is 20.9. The van der Waals surface area contributed by atoms with Gasteiger partial charge in [-0.25, -0.2) is 4.98 Å². The molecule has 36 heavy (non-hydrogen) atoms. The highest BCUT2D eigenvalue weighted by Gasteiger charge is 2.31. The van der Waals surface area contributed by atoms with E-state index in [9.17, 15) is 4.79 Å². The summed E-state index contributed by atoms with van der Waals surface area (Å²) in [4.78, 5) is 21.4. The van der Waals surface area contributed by atoms with Crippen molar-refractivity contribution in [2.75, 3.05) is 32.7 Å². The van der Waals surface area contributed by atoms with Crippen LogP contribution in [0.25, 0.3) is 0 Å². The molecule has 0 spiro atoms. The Hall–Kier alpha value is -2.26. The molecule has 1 unspecified atom stereocenters. The first-order chi connectivity index (χ1) is 17.4. The summed E-state index contributed by atoms with van der Waals surface area (Å²) in [6.45, 7) is 9.07. The van der Waals surface area contributed by atoms with E-state index in [0.29, 0.717) is 6.54 Å². The van der Waals surface area contributed by atoms with E-state index in [1.54, 1.807) is 12.5 Å². The van der Waals surface area contributed by atoms with Crippen LogP contribution in [-0.4, -0.2) is 58.6 Å².